The maximum absolute atomic E-state index is 13.7. The quantitative estimate of drug-likeness (QED) is 0.405. The van der Waals surface area contributed by atoms with E-state index in [2.05, 4.69) is 20.2 Å². The van der Waals surface area contributed by atoms with Crippen LogP contribution in [0.15, 0.2) is 30.3 Å². The topological polar surface area (TPSA) is 70.0 Å². The molecule has 5 nitrogen and oxygen atoms in total. The van der Waals surface area contributed by atoms with Gasteiger partial charge in [0, 0.05) is 41.3 Å². The van der Waals surface area contributed by atoms with E-state index in [1.807, 2.05) is 18.2 Å². The SMILES string of the molecule is NCCC1c2[nH]c3ccc(Cl)cc3c2CCN1CCNc1ccc(Cl)c(C(F)(F)CF)n1. The zero-order valence-corrected chi connectivity index (χ0v) is 18.8. The molecule has 2 aromatic heterocycles. The molecule has 172 valence electrons. The van der Waals surface area contributed by atoms with Crippen molar-refractivity contribution in [2.24, 2.45) is 5.73 Å². The van der Waals surface area contributed by atoms with E-state index in [1.54, 1.807) is 0 Å². The van der Waals surface area contributed by atoms with Crippen molar-refractivity contribution in [3.05, 3.63) is 57.3 Å². The van der Waals surface area contributed by atoms with Crippen LogP contribution in [-0.4, -0.2) is 47.7 Å². The molecule has 0 saturated carbocycles. The van der Waals surface area contributed by atoms with Crippen LogP contribution >= 0.6 is 23.2 Å². The van der Waals surface area contributed by atoms with Gasteiger partial charge in [0.25, 0.3) is 0 Å². The zero-order valence-electron chi connectivity index (χ0n) is 17.3. The molecule has 0 bridgehead atoms. The molecule has 4 rings (SSSR count). The third kappa shape index (κ3) is 4.55. The normalized spacial score (nSPS) is 17.0. The minimum Gasteiger partial charge on any atom is -0.369 e. The lowest BCUT2D eigenvalue weighted by Gasteiger charge is -2.35. The third-order valence-corrected chi connectivity index (χ3v) is 6.37. The number of anilines is 1. The first-order valence-electron chi connectivity index (χ1n) is 10.4. The van der Waals surface area contributed by atoms with Crippen LogP contribution in [0.25, 0.3) is 10.9 Å². The molecule has 3 aromatic rings. The summed E-state index contributed by atoms with van der Waals surface area (Å²) in [4.78, 5) is 9.68. The smallest absolute Gasteiger partial charge is 0.318 e. The molecule has 1 aliphatic heterocycles. The number of halogens is 5. The van der Waals surface area contributed by atoms with Gasteiger partial charge in [-0.25, -0.2) is 9.37 Å². The number of pyridine rings is 1. The Bertz CT molecular complexity index is 1100. The average molecular weight is 486 g/mol. The van der Waals surface area contributed by atoms with Crippen LogP contribution in [0.5, 0.6) is 0 Å². The molecule has 3 heterocycles. The van der Waals surface area contributed by atoms with Gasteiger partial charge in [0.1, 0.15) is 11.5 Å². The Morgan fingerprint density at radius 1 is 1.25 bits per heavy atom. The van der Waals surface area contributed by atoms with Crippen molar-refractivity contribution in [3.63, 3.8) is 0 Å². The van der Waals surface area contributed by atoms with E-state index in [0.717, 1.165) is 36.0 Å². The Labute approximate surface area is 194 Å². The summed E-state index contributed by atoms with van der Waals surface area (Å²) in [5.74, 6) is -3.49. The van der Waals surface area contributed by atoms with Gasteiger partial charge in [-0.15, -0.1) is 0 Å². The highest BCUT2D eigenvalue weighted by molar-refractivity contribution is 6.31. The van der Waals surface area contributed by atoms with Gasteiger partial charge in [-0.05, 0) is 55.3 Å². The second-order valence-corrected chi connectivity index (χ2v) is 8.72. The van der Waals surface area contributed by atoms with Crippen LogP contribution in [0.1, 0.15) is 29.4 Å². The number of nitrogens with one attached hydrogen (secondary N) is 2. The first-order valence-corrected chi connectivity index (χ1v) is 11.2. The average Bonchev–Trinajstić information content (AvgIpc) is 3.14. The summed E-state index contributed by atoms with van der Waals surface area (Å²) in [6.07, 6.45) is 1.64. The minimum absolute atomic E-state index is 0.112. The highest BCUT2D eigenvalue weighted by Crippen LogP contribution is 2.37. The summed E-state index contributed by atoms with van der Waals surface area (Å²) in [6.45, 7) is 0.634. The first kappa shape index (κ1) is 23.2. The van der Waals surface area contributed by atoms with Gasteiger partial charge in [0.15, 0.2) is 6.67 Å². The van der Waals surface area contributed by atoms with Crippen molar-refractivity contribution in [1.29, 1.82) is 0 Å². The maximum atomic E-state index is 13.7. The van der Waals surface area contributed by atoms with E-state index in [9.17, 15) is 13.2 Å². The van der Waals surface area contributed by atoms with Crippen molar-refractivity contribution in [2.75, 3.05) is 38.2 Å². The Kier molecular flexibility index (Phi) is 6.86. The standard InChI is InChI=1S/C22H24Cl2F3N5/c23-13-1-3-17-15(11-13)14-6-9-32(18(5-7-28)20(14)30-17)10-8-29-19-4-2-16(24)21(31-19)22(26,27)12-25/h1-4,11,18,30H,5-10,12,28H2,(H,29,31). The largest absolute Gasteiger partial charge is 0.369 e. The van der Waals surface area contributed by atoms with Crippen LogP contribution in [0, 0.1) is 0 Å². The van der Waals surface area contributed by atoms with Crippen LogP contribution in [0.3, 0.4) is 0 Å². The fourth-order valence-corrected chi connectivity index (χ4v) is 4.74. The molecule has 1 atom stereocenters. The monoisotopic (exact) mass is 485 g/mol. The van der Waals surface area contributed by atoms with E-state index in [0.29, 0.717) is 24.7 Å². The number of aromatic amines is 1. The highest BCUT2D eigenvalue weighted by Gasteiger charge is 2.36. The molecule has 0 saturated heterocycles. The zero-order chi connectivity index (χ0) is 22.9. The molecule has 0 spiro atoms. The molecular formula is C22H24Cl2F3N5. The van der Waals surface area contributed by atoms with Crippen LogP contribution in [0.4, 0.5) is 19.0 Å². The number of alkyl halides is 3. The predicted molar refractivity (Wildman–Crippen MR) is 123 cm³/mol. The van der Waals surface area contributed by atoms with E-state index < -0.39 is 18.3 Å². The van der Waals surface area contributed by atoms with Crippen LogP contribution < -0.4 is 11.1 Å². The molecule has 4 N–H and O–H groups in total. The summed E-state index contributed by atoms with van der Waals surface area (Å²) in [5.41, 5.74) is 8.60. The van der Waals surface area contributed by atoms with E-state index in [4.69, 9.17) is 28.9 Å². The lowest BCUT2D eigenvalue weighted by atomic mass is 9.95. The van der Waals surface area contributed by atoms with Crippen LogP contribution in [-0.2, 0) is 12.3 Å². The Morgan fingerprint density at radius 2 is 2.06 bits per heavy atom. The number of aromatic nitrogens is 2. The fourth-order valence-electron chi connectivity index (χ4n) is 4.33. The summed E-state index contributed by atoms with van der Waals surface area (Å²) in [5, 5.41) is 4.63. The number of H-pyrrole nitrogens is 1. The molecule has 1 aromatic carbocycles. The van der Waals surface area contributed by atoms with Crippen molar-refractivity contribution < 1.29 is 13.2 Å². The number of nitrogens with zero attached hydrogens (tertiary/aromatic N) is 2. The van der Waals surface area contributed by atoms with Gasteiger partial charge in [-0.3, -0.25) is 4.90 Å². The number of benzene rings is 1. The Hall–Kier alpha value is -2.00. The summed E-state index contributed by atoms with van der Waals surface area (Å²) in [6, 6.07) is 8.76. The number of fused-ring (bicyclic) bond motifs is 3. The molecule has 1 unspecified atom stereocenters. The second kappa shape index (κ2) is 9.47. The Balaban J connectivity index is 1.48. The minimum atomic E-state index is -3.72. The molecule has 32 heavy (non-hydrogen) atoms. The summed E-state index contributed by atoms with van der Waals surface area (Å²) < 4.78 is 40.2. The molecule has 0 aliphatic carbocycles. The lowest BCUT2D eigenvalue weighted by Crippen LogP contribution is -2.39. The maximum Gasteiger partial charge on any atom is 0.318 e. The van der Waals surface area contributed by atoms with Crippen LogP contribution in [0.2, 0.25) is 10.0 Å². The van der Waals surface area contributed by atoms with Crippen molar-refractivity contribution in [3.8, 4) is 0 Å². The van der Waals surface area contributed by atoms with Gasteiger partial charge >= 0.3 is 5.92 Å². The molecule has 0 amide bonds. The number of nitrogens with two attached hydrogens (primary N) is 1. The van der Waals surface area contributed by atoms with Gasteiger partial charge in [-0.1, -0.05) is 23.2 Å². The molecule has 0 fully saturated rings. The predicted octanol–water partition coefficient (Wildman–Crippen LogP) is 5.29. The fraction of sp³-hybridized carbons (Fsp3) is 0.409. The van der Waals surface area contributed by atoms with E-state index >= 15 is 0 Å². The van der Waals surface area contributed by atoms with Crippen molar-refractivity contribution in [2.45, 2.75) is 24.8 Å². The Morgan fingerprint density at radius 3 is 2.81 bits per heavy atom. The first-order chi connectivity index (χ1) is 15.3. The molecule has 1 aliphatic rings. The van der Waals surface area contributed by atoms with Gasteiger partial charge < -0.3 is 16.0 Å². The lowest BCUT2D eigenvalue weighted by molar-refractivity contribution is -0.0319. The molecule has 0 radical (unpaired) electrons. The number of hydrogen-bond donors (Lipinski definition) is 3. The van der Waals surface area contributed by atoms with E-state index in [1.165, 1.54) is 17.7 Å². The van der Waals surface area contributed by atoms with Gasteiger partial charge in [0.05, 0.1) is 11.1 Å². The number of rotatable bonds is 8. The number of hydrogen-bond acceptors (Lipinski definition) is 4. The third-order valence-electron chi connectivity index (χ3n) is 5.83. The van der Waals surface area contributed by atoms with Crippen molar-refractivity contribution >= 4 is 39.9 Å². The van der Waals surface area contributed by atoms with Crippen molar-refractivity contribution in [1.82, 2.24) is 14.9 Å². The molecular weight excluding hydrogens is 462 g/mol. The van der Waals surface area contributed by atoms with Gasteiger partial charge in [0.2, 0.25) is 0 Å². The summed E-state index contributed by atoms with van der Waals surface area (Å²) in [7, 11) is 0. The van der Waals surface area contributed by atoms with Gasteiger partial charge in [-0.2, -0.15) is 8.78 Å². The second-order valence-electron chi connectivity index (χ2n) is 7.88. The van der Waals surface area contributed by atoms with E-state index in [-0.39, 0.29) is 16.9 Å². The summed E-state index contributed by atoms with van der Waals surface area (Å²) >= 11 is 12.0. The highest BCUT2D eigenvalue weighted by atomic mass is 35.5. The molecule has 10 heteroatoms.